The predicted molar refractivity (Wildman–Crippen MR) is 104 cm³/mol. The highest BCUT2D eigenvalue weighted by Crippen LogP contribution is 2.30. The fourth-order valence-electron chi connectivity index (χ4n) is 2.12. The van der Waals surface area contributed by atoms with Gasteiger partial charge in [0.05, 0.1) is 16.2 Å². The lowest BCUT2D eigenvalue weighted by molar-refractivity contribution is -0.384. The van der Waals surface area contributed by atoms with E-state index < -0.39 is 4.92 Å². The largest absolute Gasteiger partial charge is 0.507 e. The van der Waals surface area contributed by atoms with Gasteiger partial charge in [0.1, 0.15) is 5.75 Å². The highest BCUT2D eigenvalue weighted by Gasteiger charge is 2.13. The van der Waals surface area contributed by atoms with Crippen LogP contribution in [0.4, 0.5) is 11.4 Å². The molecule has 0 aliphatic heterocycles. The van der Waals surface area contributed by atoms with Crippen LogP contribution >= 0.6 is 27.7 Å². The van der Waals surface area contributed by atoms with Crippen molar-refractivity contribution in [2.24, 2.45) is 0 Å². The Kier molecular flexibility index (Phi) is 5.72. The summed E-state index contributed by atoms with van der Waals surface area (Å²) in [6.45, 7) is 0. The zero-order valence-corrected chi connectivity index (χ0v) is 16.0. The number of amides is 1. The number of hydrogen-bond acceptors (Lipinski definition) is 7. The molecule has 3 N–H and O–H groups in total. The zero-order valence-electron chi connectivity index (χ0n) is 13.5. The second-order valence-corrected chi connectivity index (χ2v) is 7.13. The van der Waals surface area contributed by atoms with Gasteiger partial charge in [0.15, 0.2) is 5.82 Å². The second kappa shape index (κ2) is 8.18. The Bertz CT molecular complexity index is 993. The van der Waals surface area contributed by atoms with E-state index in [-0.39, 0.29) is 23.1 Å². The molecular formula is C16H12BrN5O4S. The quantitative estimate of drug-likeness (QED) is 0.297. The van der Waals surface area contributed by atoms with Gasteiger partial charge in [-0.2, -0.15) is 0 Å². The molecule has 3 rings (SSSR count). The molecular weight excluding hydrogens is 438 g/mol. The first kappa shape index (κ1) is 18.9. The number of H-pyrrole nitrogens is 1. The summed E-state index contributed by atoms with van der Waals surface area (Å²) in [6.07, 6.45) is 0. The van der Waals surface area contributed by atoms with Gasteiger partial charge in [0, 0.05) is 22.3 Å². The molecule has 2 aromatic carbocycles. The summed E-state index contributed by atoms with van der Waals surface area (Å²) in [5.74, 6) is 0.193. The Morgan fingerprint density at radius 3 is 2.74 bits per heavy atom. The van der Waals surface area contributed by atoms with Crippen LogP contribution in [0.15, 0.2) is 52.1 Å². The maximum absolute atomic E-state index is 12.0. The number of nitro benzene ring substituents is 1. The summed E-state index contributed by atoms with van der Waals surface area (Å²) in [6, 6.07) is 10.5. The van der Waals surface area contributed by atoms with Crippen molar-refractivity contribution < 1.29 is 14.8 Å². The maximum atomic E-state index is 12.0. The van der Waals surface area contributed by atoms with Crippen molar-refractivity contribution in [3.63, 3.8) is 0 Å². The zero-order chi connectivity index (χ0) is 19.4. The number of aromatic hydroxyl groups is 1. The smallest absolute Gasteiger partial charge is 0.269 e. The molecule has 0 bridgehead atoms. The fourth-order valence-corrected chi connectivity index (χ4v) is 3.08. The normalized spacial score (nSPS) is 10.6. The molecule has 1 aromatic heterocycles. The van der Waals surface area contributed by atoms with Gasteiger partial charge in [-0.1, -0.05) is 27.7 Å². The minimum Gasteiger partial charge on any atom is -0.507 e. The number of rotatable bonds is 6. The number of phenols is 1. The van der Waals surface area contributed by atoms with Gasteiger partial charge in [0.2, 0.25) is 11.1 Å². The fraction of sp³-hybridized carbons (Fsp3) is 0.0625. The second-order valence-electron chi connectivity index (χ2n) is 5.27. The summed E-state index contributed by atoms with van der Waals surface area (Å²) in [7, 11) is 0. The number of nitrogens with zero attached hydrogens (tertiary/aromatic N) is 3. The molecule has 0 radical (unpaired) electrons. The maximum Gasteiger partial charge on any atom is 0.269 e. The summed E-state index contributed by atoms with van der Waals surface area (Å²) < 4.78 is 0.781. The lowest BCUT2D eigenvalue weighted by Crippen LogP contribution is -2.14. The van der Waals surface area contributed by atoms with Crippen LogP contribution in [0, 0.1) is 10.1 Å². The number of nitro groups is 1. The van der Waals surface area contributed by atoms with Gasteiger partial charge in [0.25, 0.3) is 5.69 Å². The van der Waals surface area contributed by atoms with E-state index in [1.54, 1.807) is 12.1 Å². The van der Waals surface area contributed by atoms with Crippen molar-refractivity contribution in [3.8, 4) is 17.1 Å². The monoisotopic (exact) mass is 449 g/mol. The highest BCUT2D eigenvalue weighted by molar-refractivity contribution is 9.10. The van der Waals surface area contributed by atoms with Crippen molar-refractivity contribution in [2.45, 2.75) is 5.16 Å². The van der Waals surface area contributed by atoms with Crippen LogP contribution in [0.3, 0.4) is 0 Å². The molecule has 0 fully saturated rings. The van der Waals surface area contributed by atoms with E-state index >= 15 is 0 Å². The molecule has 3 aromatic rings. The molecule has 11 heteroatoms. The van der Waals surface area contributed by atoms with Crippen molar-refractivity contribution in [1.29, 1.82) is 0 Å². The van der Waals surface area contributed by atoms with Crippen LogP contribution in [0.5, 0.6) is 5.75 Å². The van der Waals surface area contributed by atoms with Crippen molar-refractivity contribution in [1.82, 2.24) is 15.2 Å². The van der Waals surface area contributed by atoms with Crippen molar-refractivity contribution in [3.05, 3.63) is 57.1 Å². The summed E-state index contributed by atoms with van der Waals surface area (Å²) in [5, 5.41) is 30.3. The van der Waals surface area contributed by atoms with E-state index in [1.807, 2.05) is 0 Å². The number of benzene rings is 2. The number of non-ortho nitro benzene ring substituents is 1. The van der Waals surface area contributed by atoms with Gasteiger partial charge in [-0.3, -0.25) is 20.0 Å². The summed E-state index contributed by atoms with van der Waals surface area (Å²) in [5.41, 5.74) is 0.895. The number of hydrogen-bond donors (Lipinski definition) is 3. The molecule has 0 aliphatic rings. The number of carbonyl (C=O) groups is 1. The first-order valence-corrected chi connectivity index (χ1v) is 9.28. The van der Waals surface area contributed by atoms with Crippen LogP contribution in [-0.2, 0) is 4.79 Å². The number of phenolic OH excluding ortho intramolecular Hbond substituents is 1. The minimum absolute atomic E-state index is 0.0496. The van der Waals surface area contributed by atoms with Crippen LogP contribution in [0.1, 0.15) is 0 Å². The van der Waals surface area contributed by atoms with E-state index in [9.17, 15) is 20.0 Å². The van der Waals surface area contributed by atoms with E-state index in [4.69, 9.17) is 0 Å². The van der Waals surface area contributed by atoms with Crippen molar-refractivity contribution >= 4 is 45.0 Å². The van der Waals surface area contributed by atoms with Crippen LogP contribution in [0.2, 0.25) is 0 Å². The topological polar surface area (TPSA) is 134 Å². The third kappa shape index (κ3) is 4.83. The summed E-state index contributed by atoms with van der Waals surface area (Å²) >= 11 is 4.44. The number of carbonyl (C=O) groups excluding carboxylic acids is 1. The molecule has 0 unspecified atom stereocenters. The van der Waals surface area contributed by atoms with Crippen molar-refractivity contribution in [2.75, 3.05) is 11.1 Å². The van der Waals surface area contributed by atoms with Gasteiger partial charge in [-0.25, -0.2) is 4.98 Å². The molecule has 9 nitrogen and oxygen atoms in total. The molecule has 138 valence electrons. The Balaban J connectivity index is 1.59. The molecule has 0 aliphatic carbocycles. The Labute approximate surface area is 165 Å². The van der Waals surface area contributed by atoms with Crippen LogP contribution < -0.4 is 5.32 Å². The molecule has 1 amide bonds. The molecule has 0 spiro atoms. The molecule has 0 atom stereocenters. The van der Waals surface area contributed by atoms with Gasteiger partial charge >= 0.3 is 0 Å². The number of aromatic amines is 1. The Morgan fingerprint density at radius 2 is 2.04 bits per heavy atom. The Morgan fingerprint density at radius 1 is 1.30 bits per heavy atom. The third-order valence-electron chi connectivity index (χ3n) is 3.37. The number of thioether (sulfide) groups is 1. The summed E-state index contributed by atoms with van der Waals surface area (Å²) in [4.78, 5) is 26.4. The average Bonchev–Trinajstić information content (AvgIpc) is 3.11. The standard InChI is InChI=1S/C16H12BrN5O4S/c17-9-1-6-13(23)12(7-9)15-19-16(21-20-15)27-8-14(24)18-10-2-4-11(5-3-10)22(25)26/h1-7,23H,8H2,(H,18,24)(H,19,20,21). The first-order chi connectivity index (χ1) is 12.9. The highest BCUT2D eigenvalue weighted by atomic mass is 79.9. The van der Waals surface area contributed by atoms with Gasteiger partial charge < -0.3 is 10.4 Å². The number of nitrogens with one attached hydrogen (secondary N) is 2. The van der Waals surface area contributed by atoms with Gasteiger partial charge in [-0.05, 0) is 30.3 Å². The SMILES string of the molecule is O=C(CSc1n[nH]c(-c2cc(Br)ccc2O)n1)Nc1ccc([N+](=O)[O-])cc1. The average molecular weight is 450 g/mol. The van der Waals surface area contributed by atoms with Crippen LogP contribution in [0.25, 0.3) is 11.4 Å². The third-order valence-corrected chi connectivity index (χ3v) is 4.71. The van der Waals surface area contributed by atoms with E-state index in [1.165, 1.54) is 30.3 Å². The lowest BCUT2D eigenvalue weighted by atomic mass is 10.2. The number of halogens is 1. The predicted octanol–water partition coefficient (Wildman–Crippen LogP) is 3.58. The van der Waals surface area contributed by atoms with Crippen LogP contribution in [-0.4, -0.2) is 36.9 Å². The Hall–Kier alpha value is -2.92. The number of aromatic nitrogens is 3. The van der Waals surface area contributed by atoms with E-state index in [0.29, 0.717) is 22.2 Å². The molecule has 1 heterocycles. The molecule has 0 saturated carbocycles. The number of anilines is 1. The van der Waals surface area contributed by atoms with E-state index in [2.05, 4.69) is 36.4 Å². The minimum atomic E-state index is -0.509. The lowest BCUT2D eigenvalue weighted by Gasteiger charge is -2.03. The van der Waals surface area contributed by atoms with E-state index in [0.717, 1.165) is 16.2 Å². The van der Waals surface area contributed by atoms with Gasteiger partial charge in [-0.15, -0.1) is 5.10 Å². The molecule has 27 heavy (non-hydrogen) atoms. The first-order valence-electron chi connectivity index (χ1n) is 7.51. The molecule has 0 saturated heterocycles.